The van der Waals surface area contributed by atoms with Crippen molar-refractivity contribution in [3.8, 4) is 0 Å². The second-order valence-corrected chi connectivity index (χ2v) is 5.84. The Morgan fingerprint density at radius 3 is 2.75 bits per heavy atom. The van der Waals surface area contributed by atoms with Gasteiger partial charge in [0.05, 0.1) is 23.6 Å². The molecule has 1 aromatic carbocycles. The molecule has 0 bridgehead atoms. The number of amides is 1. The van der Waals surface area contributed by atoms with Crippen LogP contribution in [0.1, 0.15) is 44.7 Å². The van der Waals surface area contributed by atoms with Crippen LogP contribution in [0.2, 0.25) is 0 Å². The van der Waals surface area contributed by atoms with Gasteiger partial charge in [0.1, 0.15) is 0 Å². The zero-order valence-electron chi connectivity index (χ0n) is 14.2. The lowest BCUT2D eigenvalue weighted by atomic mass is 10.1. The Labute approximate surface area is 143 Å². The van der Waals surface area contributed by atoms with Crippen LogP contribution >= 0.6 is 0 Å². The van der Waals surface area contributed by atoms with Crippen molar-refractivity contribution in [3.63, 3.8) is 0 Å². The van der Waals surface area contributed by atoms with E-state index in [1.165, 1.54) is 12.8 Å². The number of benzene rings is 1. The van der Waals surface area contributed by atoms with Crippen molar-refractivity contribution in [1.29, 1.82) is 0 Å². The number of pyridine rings is 1. The summed E-state index contributed by atoms with van der Waals surface area (Å²) >= 11 is 0. The van der Waals surface area contributed by atoms with Gasteiger partial charge in [-0.3, -0.25) is 9.78 Å². The second kappa shape index (κ2) is 9.55. The number of hydrogen-bond donors (Lipinski definition) is 3. The molecule has 0 radical (unpaired) electrons. The van der Waals surface area contributed by atoms with E-state index in [0.717, 1.165) is 24.2 Å². The maximum atomic E-state index is 11.9. The SMILES string of the molecule is CCCCCCC(=O)Nc1ccc(NCc2ccccn2)cc1N. The van der Waals surface area contributed by atoms with Crippen LogP contribution in [0.3, 0.4) is 0 Å². The maximum Gasteiger partial charge on any atom is 0.224 e. The first-order valence-corrected chi connectivity index (χ1v) is 8.52. The molecule has 0 saturated heterocycles. The summed E-state index contributed by atoms with van der Waals surface area (Å²) < 4.78 is 0. The predicted molar refractivity (Wildman–Crippen MR) is 99.8 cm³/mol. The van der Waals surface area contributed by atoms with E-state index in [1.807, 2.05) is 36.4 Å². The van der Waals surface area contributed by atoms with E-state index >= 15 is 0 Å². The molecule has 0 fully saturated rings. The van der Waals surface area contributed by atoms with Gasteiger partial charge in [0.15, 0.2) is 0 Å². The molecule has 2 rings (SSSR count). The number of aromatic nitrogens is 1. The number of carbonyl (C=O) groups excluding carboxylic acids is 1. The van der Waals surface area contributed by atoms with Crippen molar-refractivity contribution >= 4 is 23.0 Å². The molecule has 1 heterocycles. The quantitative estimate of drug-likeness (QED) is 0.477. The predicted octanol–water partition coefficient (Wildman–Crippen LogP) is 4.18. The Kier molecular flexibility index (Phi) is 7.08. The van der Waals surface area contributed by atoms with Gasteiger partial charge in [-0.2, -0.15) is 0 Å². The molecule has 5 nitrogen and oxygen atoms in total. The monoisotopic (exact) mass is 326 g/mol. The van der Waals surface area contributed by atoms with Crippen molar-refractivity contribution in [3.05, 3.63) is 48.3 Å². The summed E-state index contributed by atoms with van der Waals surface area (Å²) in [4.78, 5) is 16.2. The summed E-state index contributed by atoms with van der Waals surface area (Å²) in [7, 11) is 0. The molecule has 128 valence electrons. The molecule has 2 aromatic rings. The molecule has 4 N–H and O–H groups in total. The minimum Gasteiger partial charge on any atom is -0.397 e. The van der Waals surface area contributed by atoms with Crippen LogP contribution in [-0.4, -0.2) is 10.9 Å². The lowest BCUT2D eigenvalue weighted by Gasteiger charge is -2.11. The molecule has 0 saturated carbocycles. The Bertz CT molecular complexity index is 643. The Morgan fingerprint density at radius 2 is 2.04 bits per heavy atom. The van der Waals surface area contributed by atoms with Crippen molar-refractivity contribution in [2.45, 2.75) is 45.6 Å². The van der Waals surface area contributed by atoms with E-state index in [1.54, 1.807) is 6.20 Å². The number of carbonyl (C=O) groups is 1. The summed E-state index contributed by atoms with van der Waals surface area (Å²) in [5.74, 6) is 0.0204. The van der Waals surface area contributed by atoms with Gasteiger partial charge in [-0.15, -0.1) is 0 Å². The number of nitrogens with two attached hydrogens (primary N) is 1. The summed E-state index contributed by atoms with van der Waals surface area (Å²) in [5, 5.41) is 6.16. The minimum absolute atomic E-state index is 0.0204. The molecule has 1 amide bonds. The highest BCUT2D eigenvalue weighted by molar-refractivity contribution is 5.94. The third kappa shape index (κ3) is 5.91. The number of nitrogens with one attached hydrogen (secondary N) is 2. The summed E-state index contributed by atoms with van der Waals surface area (Å²) in [5.41, 5.74) is 9.13. The van der Waals surface area contributed by atoms with Gasteiger partial charge in [0, 0.05) is 18.3 Å². The Hall–Kier alpha value is -2.56. The van der Waals surface area contributed by atoms with Crippen LogP contribution in [-0.2, 0) is 11.3 Å². The highest BCUT2D eigenvalue weighted by Gasteiger charge is 2.06. The highest BCUT2D eigenvalue weighted by atomic mass is 16.1. The van der Waals surface area contributed by atoms with E-state index in [2.05, 4.69) is 22.5 Å². The van der Waals surface area contributed by atoms with E-state index in [0.29, 0.717) is 24.3 Å². The van der Waals surface area contributed by atoms with Gasteiger partial charge in [-0.25, -0.2) is 0 Å². The number of unbranched alkanes of at least 4 members (excludes halogenated alkanes) is 3. The Morgan fingerprint density at radius 1 is 1.17 bits per heavy atom. The fourth-order valence-corrected chi connectivity index (χ4v) is 2.41. The number of nitrogens with zero attached hydrogens (tertiary/aromatic N) is 1. The third-order valence-electron chi connectivity index (χ3n) is 3.78. The van der Waals surface area contributed by atoms with Crippen molar-refractivity contribution in [2.24, 2.45) is 0 Å². The molecular formula is C19H26N4O. The van der Waals surface area contributed by atoms with Gasteiger partial charge in [-0.05, 0) is 36.8 Å². The molecule has 1 aromatic heterocycles. The number of rotatable bonds is 9. The number of nitrogen functional groups attached to an aromatic ring is 1. The highest BCUT2D eigenvalue weighted by Crippen LogP contribution is 2.23. The van der Waals surface area contributed by atoms with Crippen LogP contribution in [0.15, 0.2) is 42.6 Å². The third-order valence-corrected chi connectivity index (χ3v) is 3.78. The molecule has 0 aliphatic heterocycles. The first-order valence-electron chi connectivity index (χ1n) is 8.52. The lowest BCUT2D eigenvalue weighted by molar-refractivity contribution is -0.116. The van der Waals surface area contributed by atoms with Gasteiger partial charge in [-0.1, -0.05) is 32.3 Å². The summed E-state index contributed by atoms with van der Waals surface area (Å²) in [6.07, 6.45) is 6.66. The lowest BCUT2D eigenvalue weighted by Crippen LogP contribution is -2.12. The largest absolute Gasteiger partial charge is 0.397 e. The Balaban J connectivity index is 1.84. The number of anilines is 3. The zero-order valence-corrected chi connectivity index (χ0v) is 14.2. The van der Waals surface area contributed by atoms with Crippen molar-refractivity contribution < 1.29 is 4.79 Å². The van der Waals surface area contributed by atoms with Crippen molar-refractivity contribution in [2.75, 3.05) is 16.4 Å². The normalized spacial score (nSPS) is 10.4. The second-order valence-electron chi connectivity index (χ2n) is 5.84. The van der Waals surface area contributed by atoms with Gasteiger partial charge < -0.3 is 16.4 Å². The molecule has 0 aliphatic carbocycles. The molecule has 24 heavy (non-hydrogen) atoms. The average Bonchev–Trinajstić information content (AvgIpc) is 2.60. The fraction of sp³-hybridized carbons (Fsp3) is 0.368. The van der Waals surface area contributed by atoms with Crippen LogP contribution in [0.25, 0.3) is 0 Å². The van der Waals surface area contributed by atoms with Gasteiger partial charge in [0.25, 0.3) is 0 Å². The van der Waals surface area contributed by atoms with E-state index in [9.17, 15) is 4.79 Å². The summed E-state index contributed by atoms with van der Waals surface area (Å²) in [6, 6.07) is 11.4. The molecule has 5 heteroatoms. The standard InChI is InChI=1S/C19H26N4O/c1-2-3-4-5-9-19(24)23-18-11-10-15(13-17(18)20)22-14-16-8-6-7-12-21-16/h6-8,10-13,22H,2-5,9,14,20H2,1H3,(H,23,24). The van der Waals surface area contributed by atoms with E-state index in [-0.39, 0.29) is 5.91 Å². The van der Waals surface area contributed by atoms with Crippen LogP contribution in [0, 0.1) is 0 Å². The van der Waals surface area contributed by atoms with Crippen LogP contribution in [0.4, 0.5) is 17.1 Å². The van der Waals surface area contributed by atoms with Crippen molar-refractivity contribution in [1.82, 2.24) is 4.98 Å². The topological polar surface area (TPSA) is 80.0 Å². The molecule has 0 aliphatic rings. The van der Waals surface area contributed by atoms with Crippen LogP contribution < -0.4 is 16.4 Å². The summed E-state index contributed by atoms with van der Waals surface area (Å²) in [6.45, 7) is 2.79. The minimum atomic E-state index is 0.0204. The van der Waals surface area contributed by atoms with Crippen LogP contribution in [0.5, 0.6) is 0 Å². The maximum absolute atomic E-state index is 11.9. The van der Waals surface area contributed by atoms with E-state index in [4.69, 9.17) is 5.73 Å². The molecule has 0 spiro atoms. The molecular weight excluding hydrogens is 300 g/mol. The molecule has 0 unspecified atom stereocenters. The van der Waals surface area contributed by atoms with Gasteiger partial charge >= 0.3 is 0 Å². The zero-order chi connectivity index (χ0) is 17.2. The fourth-order valence-electron chi connectivity index (χ4n) is 2.41. The van der Waals surface area contributed by atoms with Gasteiger partial charge in [0.2, 0.25) is 5.91 Å². The first-order chi connectivity index (χ1) is 11.7. The smallest absolute Gasteiger partial charge is 0.224 e. The number of hydrogen-bond acceptors (Lipinski definition) is 4. The molecule has 0 atom stereocenters. The first kappa shape index (κ1) is 17.8. The average molecular weight is 326 g/mol. The van der Waals surface area contributed by atoms with E-state index < -0.39 is 0 Å².